The molecule has 0 saturated carbocycles. The molecule has 3 rings (SSSR count). The van der Waals surface area contributed by atoms with Crippen LogP contribution in [0.2, 0.25) is 0 Å². The molecule has 0 aliphatic rings. The van der Waals surface area contributed by atoms with E-state index in [1.54, 1.807) is 6.20 Å². The largest absolute Gasteiger partial charge is 0.378 e. The molecule has 1 aromatic heterocycles. The fraction of sp³-hybridized carbons (Fsp3) is 0.125. The molecule has 0 unspecified atom stereocenters. The first-order chi connectivity index (χ1) is 10.1. The van der Waals surface area contributed by atoms with E-state index in [4.69, 9.17) is 0 Å². The average Bonchev–Trinajstić information content (AvgIpc) is 2.97. The lowest BCUT2D eigenvalue weighted by Crippen LogP contribution is -2.13. The number of fused-ring (bicyclic) bond motifs is 1. The number of rotatable bonds is 3. The highest BCUT2D eigenvalue weighted by molar-refractivity contribution is 6.08. The van der Waals surface area contributed by atoms with Crippen molar-refractivity contribution in [1.29, 1.82) is 0 Å². The molecule has 0 atom stereocenters. The van der Waals surface area contributed by atoms with Gasteiger partial charge in [0.15, 0.2) is 0 Å². The van der Waals surface area contributed by atoms with Gasteiger partial charge >= 0.3 is 0 Å². The topological polar surface area (TPSA) is 61.0 Å². The summed E-state index contributed by atoms with van der Waals surface area (Å²) in [5, 5.41) is 10.7. The highest BCUT2D eigenvalue weighted by atomic mass is 16.1. The van der Waals surface area contributed by atoms with Gasteiger partial charge in [-0.2, -0.15) is 5.10 Å². The van der Waals surface area contributed by atoms with E-state index in [1.807, 2.05) is 61.5 Å². The molecule has 0 aliphatic heterocycles. The molecule has 5 nitrogen and oxygen atoms in total. The van der Waals surface area contributed by atoms with Crippen LogP contribution in [0.4, 0.5) is 11.4 Å². The van der Waals surface area contributed by atoms with Crippen LogP contribution in [0.3, 0.4) is 0 Å². The van der Waals surface area contributed by atoms with Crippen LogP contribution in [0.15, 0.2) is 48.7 Å². The molecule has 3 aromatic rings. The quantitative estimate of drug-likeness (QED) is 0.775. The van der Waals surface area contributed by atoms with Crippen molar-refractivity contribution in [2.24, 2.45) is 0 Å². The van der Waals surface area contributed by atoms with Gasteiger partial charge in [-0.05, 0) is 36.4 Å². The summed E-state index contributed by atoms with van der Waals surface area (Å²) in [6.07, 6.45) is 1.71. The zero-order valence-corrected chi connectivity index (χ0v) is 11.9. The van der Waals surface area contributed by atoms with Gasteiger partial charge in [-0.1, -0.05) is 6.07 Å². The van der Waals surface area contributed by atoms with Crippen molar-refractivity contribution >= 4 is 28.2 Å². The summed E-state index contributed by atoms with van der Waals surface area (Å²) >= 11 is 0. The lowest BCUT2D eigenvalue weighted by molar-refractivity contribution is 0.102. The molecule has 106 valence electrons. The molecule has 0 radical (unpaired) electrons. The maximum Gasteiger partial charge on any atom is 0.255 e. The normalized spacial score (nSPS) is 10.6. The number of amides is 1. The predicted octanol–water partition coefficient (Wildman–Crippen LogP) is 2.88. The summed E-state index contributed by atoms with van der Waals surface area (Å²) in [7, 11) is 3.93. The Hall–Kier alpha value is -2.82. The monoisotopic (exact) mass is 280 g/mol. The van der Waals surface area contributed by atoms with Gasteiger partial charge in [0.25, 0.3) is 5.91 Å². The molecule has 21 heavy (non-hydrogen) atoms. The number of nitrogens with one attached hydrogen (secondary N) is 2. The highest BCUT2D eigenvalue weighted by Gasteiger charge is 2.09. The Labute approximate surface area is 122 Å². The number of H-pyrrole nitrogens is 1. The third-order valence-electron chi connectivity index (χ3n) is 3.38. The van der Waals surface area contributed by atoms with E-state index in [2.05, 4.69) is 15.5 Å². The zero-order chi connectivity index (χ0) is 14.8. The van der Waals surface area contributed by atoms with Crippen LogP contribution in [0.1, 0.15) is 10.4 Å². The van der Waals surface area contributed by atoms with Gasteiger partial charge in [0.05, 0.1) is 17.4 Å². The van der Waals surface area contributed by atoms with E-state index < -0.39 is 0 Å². The Bertz CT molecular complexity index is 774. The first-order valence-corrected chi connectivity index (χ1v) is 6.66. The lowest BCUT2D eigenvalue weighted by atomic mass is 10.1. The van der Waals surface area contributed by atoms with Gasteiger partial charge in [0.2, 0.25) is 0 Å². The molecule has 2 aromatic carbocycles. The number of anilines is 2. The Morgan fingerprint density at radius 3 is 2.62 bits per heavy atom. The van der Waals surface area contributed by atoms with Crippen molar-refractivity contribution in [3.8, 4) is 0 Å². The fourth-order valence-electron chi connectivity index (χ4n) is 2.18. The van der Waals surface area contributed by atoms with Crippen molar-refractivity contribution in [2.75, 3.05) is 24.3 Å². The van der Waals surface area contributed by atoms with Crippen molar-refractivity contribution in [3.05, 3.63) is 54.2 Å². The van der Waals surface area contributed by atoms with Gasteiger partial charge in [0, 0.05) is 30.7 Å². The van der Waals surface area contributed by atoms with E-state index in [1.165, 1.54) is 0 Å². The van der Waals surface area contributed by atoms with Crippen LogP contribution in [0.25, 0.3) is 10.9 Å². The molecular formula is C16H16N4O. The van der Waals surface area contributed by atoms with Crippen LogP contribution in [0, 0.1) is 0 Å². The van der Waals surface area contributed by atoms with Gasteiger partial charge in [-0.25, -0.2) is 0 Å². The standard InChI is InChI=1S/C16H16N4O/c1-20(2)12-8-6-11(7-9-12)16(21)18-14-4-3-5-15-13(14)10-17-19-15/h3-10H,1-2H3,(H,17,19)(H,18,21). The highest BCUT2D eigenvalue weighted by Crippen LogP contribution is 2.22. The smallest absolute Gasteiger partial charge is 0.255 e. The van der Waals surface area contributed by atoms with Crippen molar-refractivity contribution in [3.63, 3.8) is 0 Å². The van der Waals surface area contributed by atoms with Gasteiger partial charge < -0.3 is 10.2 Å². The molecule has 0 fully saturated rings. The van der Waals surface area contributed by atoms with Gasteiger partial charge in [-0.15, -0.1) is 0 Å². The minimum Gasteiger partial charge on any atom is -0.378 e. The third-order valence-corrected chi connectivity index (χ3v) is 3.38. The molecular weight excluding hydrogens is 264 g/mol. The van der Waals surface area contributed by atoms with Gasteiger partial charge in [0.1, 0.15) is 0 Å². The summed E-state index contributed by atoms with van der Waals surface area (Å²) in [6.45, 7) is 0. The SMILES string of the molecule is CN(C)c1ccc(C(=O)Nc2cccc3[nH]ncc23)cc1. The van der Waals surface area contributed by atoms with Crippen LogP contribution < -0.4 is 10.2 Å². The lowest BCUT2D eigenvalue weighted by Gasteiger charge is -2.12. The Morgan fingerprint density at radius 2 is 1.90 bits per heavy atom. The zero-order valence-electron chi connectivity index (χ0n) is 11.9. The van der Waals surface area contributed by atoms with Gasteiger partial charge in [-0.3, -0.25) is 9.89 Å². The average molecular weight is 280 g/mol. The number of benzene rings is 2. The van der Waals surface area contributed by atoms with Crippen molar-refractivity contribution in [1.82, 2.24) is 10.2 Å². The number of carbonyl (C=O) groups is 1. The van der Waals surface area contributed by atoms with Crippen molar-refractivity contribution < 1.29 is 4.79 Å². The second-order valence-corrected chi connectivity index (χ2v) is 5.03. The summed E-state index contributed by atoms with van der Waals surface area (Å²) in [6, 6.07) is 13.2. The number of aromatic nitrogens is 2. The maximum atomic E-state index is 12.3. The molecule has 0 aliphatic carbocycles. The summed E-state index contributed by atoms with van der Waals surface area (Å²) in [4.78, 5) is 14.3. The number of aromatic amines is 1. The van der Waals surface area contributed by atoms with E-state index in [0.29, 0.717) is 5.56 Å². The first-order valence-electron chi connectivity index (χ1n) is 6.66. The molecule has 0 bridgehead atoms. The molecule has 2 N–H and O–H groups in total. The predicted molar refractivity (Wildman–Crippen MR) is 84.8 cm³/mol. The summed E-state index contributed by atoms with van der Waals surface area (Å²) in [5.41, 5.74) is 3.34. The second-order valence-electron chi connectivity index (χ2n) is 5.03. The minimum absolute atomic E-state index is 0.131. The number of carbonyl (C=O) groups excluding carboxylic acids is 1. The van der Waals surface area contributed by atoms with Crippen LogP contribution in [0.5, 0.6) is 0 Å². The van der Waals surface area contributed by atoms with E-state index in [-0.39, 0.29) is 5.91 Å². The molecule has 0 saturated heterocycles. The maximum absolute atomic E-state index is 12.3. The molecule has 1 heterocycles. The van der Waals surface area contributed by atoms with Crippen LogP contribution in [-0.4, -0.2) is 30.2 Å². The number of hydrogen-bond donors (Lipinski definition) is 2. The summed E-state index contributed by atoms with van der Waals surface area (Å²) < 4.78 is 0. The Morgan fingerprint density at radius 1 is 1.14 bits per heavy atom. The van der Waals surface area contributed by atoms with Crippen LogP contribution in [-0.2, 0) is 0 Å². The van der Waals surface area contributed by atoms with Crippen LogP contribution >= 0.6 is 0 Å². The molecule has 5 heteroatoms. The summed E-state index contributed by atoms with van der Waals surface area (Å²) in [5.74, 6) is -0.131. The number of nitrogens with zero attached hydrogens (tertiary/aromatic N) is 2. The van der Waals surface area contributed by atoms with E-state index in [9.17, 15) is 4.79 Å². The van der Waals surface area contributed by atoms with E-state index >= 15 is 0 Å². The Balaban J connectivity index is 1.84. The van der Waals surface area contributed by atoms with Crippen molar-refractivity contribution in [2.45, 2.75) is 0 Å². The number of hydrogen-bond acceptors (Lipinski definition) is 3. The first kappa shape index (κ1) is 13.2. The second kappa shape index (κ2) is 5.28. The minimum atomic E-state index is -0.131. The fourth-order valence-corrected chi connectivity index (χ4v) is 2.18. The van der Waals surface area contributed by atoms with E-state index in [0.717, 1.165) is 22.3 Å². The Kier molecular flexibility index (Phi) is 3.31. The molecule has 1 amide bonds. The third kappa shape index (κ3) is 2.58. The molecule has 0 spiro atoms.